The lowest BCUT2D eigenvalue weighted by molar-refractivity contribution is -0.112. The Kier molecular flexibility index (Phi) is 5.46. The highest BCUT2D eigenvalue weighted by Crippen LogP contribution is 2.32. The lowest BCUT2D eigenvalue weighted by Gasteiger charge is -2.05. The molecule has 0 aliphatic carbocycles. The molecule has 0 spiro atoms. The summed E-state index contributed by atoms with van der Waals surface area (Å²) in [7, 11) is 0. The van der Waals surface area contributed by atoms with Gasteiger partial charge in [0, 0.05) is 17.3 Å². The number of amides is 1. The molecule has 144 valence electrons. The van der Waals surface area contributed by atoms with Crippen molar-refractivity contribution >= 4 is 46.1 Å². The topological polar surface area (TPSA) is 82.8 Å². The predicted molar refractivity (Wildman–Crippen MR) is 119 cm³/mol. The Balaban J connectivity index is 1.63. The molecule has 4 aromatic rings. The van der Waals surface area contributed by atoms with Gasteiger partial charge in [0.05, 0.1) is 11.3 Å². The third kappa shape index (κ3) is 3.88. The standard InChI is InChI=1S/C24H15N3O2S/c25-12-17(24(29)27-23-8-9-26-13-19(23)14-28)10-20-11-18(15-30-20)22-7-3-5-16-4-1-2-6-21(16)22/h1-11,13-15H,(H,26,27,29)/b17-10+. The molecular formula is C24H15N3O2S. The average molecular weight is 409 g/mol. The van der Waals surface area contributed by atoms with E-state index < -0.39 is 5.91 Å². The van der Waals surface area contributed by atoms with E-state index in [9.17, 15) is 14.9 Å². The Bertz CT molecular complexity index is 1330. The lowest BCUT2D eigenvalue weighted by atomic mass is 10.00. The predicted octanol–water partition coefficient (Wildman–Crippen LogP) is 5.32. The Hall–Kier alpha value is -4.08. The minimum atomic E-state index is -0.577. The van der Waals surface area contributed by atoms with E-state index in [2.05, 4.69) is 34.6 Å². The van der Waals surface area contributed by atoms with E-state index in [0.717, 1.165) is 26.8 Å². The van der Waals surface area contributed by atoms with E-state index in [1.165, 1.54) is 29.8 Å². The number of benzene rings is 2. The molecule has 0 atom stereocenters. The molecule has 1 N–H and O–H groups in total. The summed E-state index contributed by atoms with van der Waals surface area (Å²) in [5.74, 6) is -0.577. The molecule has 2 aromatic heterocycles. The Morgan fingerprint density at radius 2 is 1.97 bits per heavy atom. The monoisotopic (exact) mass is 409 g/mol. The van der Waals surface area contributed by atoms with Crippen LogP contribution in [0.25, 0.3) is 28.0 Å². The molecule has 0 saturated carbocycles. The zero-order valence-corrected chi connectivity index (χ0v) is 16.5. The first-order valence-electron chi connectivity index (χ1n) is 9.08. The number of aldehydes is 1. The zero-order chi connectivity index (χ0) is 20.9. The highest BCUT2D eigenvalue weighted by Gasteiger charge is 2.13. The van der Waals surface area contributed by atoms with Crippen LogP contribution in [-0.4, -0.2) is 17.2 Å². The first-order chi connectivity index (χ1) is 14.7. The second kappa shape index (κ2) is 8.52. The fourth-order valence-electron chi connectivity index (χ4n) is 3.14. The fourth-order valence-corrected chi connectivity index (χ4v) is 3.98. The second-order valence-electron chi connectivity index (χ2n) is 6.47. The van der Waals surface area contributed by atoms with Crippen LogP contribution in [0.5, 0.6) is 0 Å². The number of pyridine rings is 1. The summed E-state index contributed by atoms with van der Waals surface area (Å²) in [4.78, 5) is 28.3. The molecule has 6 heteroatoms. The summed E-state index contributed by atoms with van der Waals surface area (Å²) in [5.41, 5.74) is 2.64. The van der Waals surface area contributed by atoms with Crippen molar-refractivity contribution in [2.75, 3.05) is 5.32 Å². The van der Waals surface area contributed by atoms with Crippen LogP contribution >= 0.6 is 11.3 Å². The minimum Gasteiger partial charge on any atom is -0.321 e. The highest BCUT2D eigenvalue weighted by molar-refractivity contribution is 7.11. The van der Waals surface area contributed by atoms with Gasteiger partial charge in [-0.25, -0.2) is 0 Å². The first-order valence-corrected chi connectivity index (χ1v) is 9.96. The Labute approximate surface area is 176 Å². The van der Waals surface area contributed by atoms with Crippen molar-refractivity contribution in [1.82, 2.24) is 4.98 Å². The van der Waals surface area contributed by atoms with Crippen molar-refractivity contribution < 1.29 is 9.59 Å². The summed E-state index contributed by atoms with van der Waals surface area (Å²) >= 11 is 1.45. The number of nitrogens with zero attached hydrogens (tertiary/aromatic N) is 2. The van der Waals surface area contributed by atoms with Crippen molar-refractivity contribution in [2.24, 2.45) is 0 Å². The van der Waals surface area contributed by atoms with E-state index in [1.54, 1.807) is 6.08 Å². The van der Waals surface area contributed by atoms with Crippen LogP contribution in [-0.2, 0) is 4.79 Å². The van der Waals surface area contributed by atoms with Crippen LogP contribution < -0.4 is 5.32 Å². The number of hydrogen-bond acceptors (Lipinski definition) is 5. The van der Waals surface area contributed by atoms with Gasteiger partial charge in [-0.05, 0) is 45.5 Å². The molecule has 0 unspecified atom stereocenters. The van der Waals surface area contributed by atoms with Gasteiger partial charge in [-0.3, -0.25) is 14.6 Å². The van der Waals surface area contributed by atoms with Gasteiger partial charge < -0.3 is 5.32 Å². The van der Waals surface area contributed by atoms with Crippen LogP contribution in [0.15, 0.2) is 77.9 Å². The smallest absolute Gasteiger partial charge is 0.266 e. The van der Waals surface area contributed by atoms with E-state index in [-0.39, 0.29) is 11.1 Å². The fraction of sp³-hybridized carbons (Fsp3) is 0. The second-order valence-corrected chi connectivity index (χ2v) is 7.41. The summed E-state index contributed by atoms with van der Waals surface area (Å²) in [6.45, 7) is 0. The Morgan fingerprint density at radius 1 is 1.13 bits per heavy atom. The maximum absolute atomic E-state index is 12.5. The summed E-state index contributed by atoms with van der Waals surface area (Å²) in [6.07, 6.45) is 4.98. The third-order valence-corrected chi connectivity index (χ3v) is 5.48. The molecule has 1 amide bonds. The molecule has 30 heavy (non-hydrogen) atoms. The summed E-state index contributed by atoms with van der Waals surface area (Å²) < 4.78 is 0. The van der Waals surface area contributed by atoms with Crippen molar-refractivity contribution in [2.45, 2.75) is 0 Å². The van der Waals surface area contributed by atoms with Gasteiger partial charge >= 0.3 is 0 Å². The van der Waals surface area contributed by atoms with Gasteiger partial charge in [-0.1, -0.05) is 42.5 Å². The number of fused-ring (bicyclic) bond motifs is 1. The average Bonchev–Trinajstić information content (AvgIpc) is 3.25. The normalized spacial score (nSPS) is 11.1. The molecule has 0 fully saturated rings. The number of anilines is 1. The van der Waals surface area contributed by atoms with Gasteiger partial charge in [-0.2, -0.15) is 5.26 Å². The lowest BCUT2D eigenvalue weighted by Crippen LogP contribution is -2.14. The number of nitriles is 1. The van der Waals surface area contributed by atoms with Crippen molar-refractivity contribution in [3.63, 3.8) is 0 Å². The number of carbonyl (C=O) groups excluding carboxylic acids is 2. The maximum atomic E-state index is 12.5. The number of thiophene rings is 1. The zero-order valence-electron chi connectivity index (χ0n) is 15.7. The van der Waals surface area contributed by atoms with Crippen molar-refractivity contribution in [1.29, 1.82) is 5.26 Å². The first kappa shape index (κ1) is 19.2. The summed E-state index contributed by atoms with van der Waals surface area (Å²) in [5, 5.41) is 16.4. The quantitative estimate of drug-likeness (QED) is 0.275. The molecule has 0 aliphatic heterocycles. The van der Waals surface area contributed by atoms with Crippen LogP contribution in [0.1, 0.15) is 15.2 Å². The minimum absolute atomic E-state index is 0.0463. The number of nitrogens with one attached hydrogen (secondary N) is 1. The molecule has 2 aromatic carbocycles. The van der Waals surface area contributed by atoms with E-state index in [0.29, 0.717) is 12.0 Å². The molecular weight excluding hydrogens is 394 g/mol. The SMILES string of the molecule is N#C/C(=C\c1cc(-c2cccc3ccccc23)cs1)C(=O)Nc1ccncc1C=O. The molecule has 5 nitrogen and oxygen atoms in total. The number of carbonyl (C=O) groups is 2. The van der Waals surface area contributed by atoms with E-state index in [4.69, 9.17) is 0 Å². The molecule has 0 aliphatic rings. The molecule has 4 rings (SSSR count). The Morgan fingerprint density at radius 3 is 2.80 bits per heavy atom. The molecule has 0 bridgehead atoms. The van der Waals surface area contributed by atoms with Crippen LogP contribution in [0.2, 0.25) is 0 Å². The molecule has 2 heterocycles. The van der Waals surface area contributed by atoms with Crippen LogP contribution in [0.3, 0.4) is 0 Å². The molecule has 0 radical (unpaired) electrons. The largest absolute Gasteiger partial charge is 0.321 e. The van der Waals surface area contributed by atoms with Crippen molar-refractivity contribution in [3.05, 3.63) is 88.4 Å². The van der Waals surface area contributed by atoms with Crippen molar-refractivity contribution in [3.8, 4) is 17.2 Å². The van der Waals surface area contributed by atoms with E-state index in [1.807, 2.05) is 35.7 Å². The highest BCUT2D eigenvalue weighted by atomic mass is 32.1. The number of hydrogen-bond donors (Lipinski definition) is 1. The van der Waals surface area contributed by atoms with Gasteiger partial charge in [0.15, 0.2) is 6.29 Å². The maximum Gasteiger partial charge on any atom is 0.266 e. The van der Waals surface area contributed by atoms with Gasteiger partial charge in [-0.15, -0.1) is 11.3 Å². The summed E-state index contributed by atoms with van der Waals surface area (Å²) in [6, 6.07) is 19.7. The molecule has 0 saturated heterocycles. The van der Waals surface area contributed by atoms with E-state index >= 15 is 0 Å². The number of rotatable bonds is 5. The van der Waals surface area contributed by atoms with Crippen LogP contribution in [0.4, 0.5) is 5.69 Å². The van der Waals surface area contributed by atoms with Gasteiger partial charge in [0.2, 0.25) is 0 Å². The van der Waals surface area contributed by atoms with Crippen LogP contribution in [0, 0.1) is 11.3 Å². The van der Waals surface area contributed by atoms with Gasteiger partial charge in [0.1, 0.15) is 11.6 Å². The third-order valence-electron chi connectivity index (χ3n) is 4.60. The number of aromatic nitrogens is 1. The van der Waals surface area contributed by atoms with Gasteiger partial charge in [0.25, 0.3) is 5.91 Å².